The van der Waals surface area contributed by atoms with Crippen LogP contribution in [0.4, 0.5) is 0 Å². The zero-order chi connectivity index (χ0) is 10.2. The number of imidazole rings is 1. The molecule has 4 nitrogen and oxygen atoms in total. The molecule has 0 spiro atoms. The standard InChI is InChI=1S/C10H19N3O/c1-3-10(8-14-2)12-5-7-13-6-4-11-9-13/h4,6,9-10,12H,3,5,7-8H2,1-2H3. The van der Waals surface area contributed by atoms with E-state index in [2.05, 4.69) is 21.8 Å². The van der Waals surface area contributed by atoms with E-state index in [4.69, 9.17) is 4.74 Å². The number of rotatable bonds is 7. The van der Waals surface area contributed by atoms with Crippen molar-refractivity contribution in [3.63, 3.8) is 0 Å². The van der Waals surface area contributed by atoms with Crippen molar-refractivity contribution in [3.8, 4) is 0 Å². The van der Waals surface area contributed by atoms with Crippen molar-refractivity contribution in [1.29, 1.82) is 0 Å². The first-order chi connectivity index (χ1) is 6.86. The molecular weight excluding hydrogens is 178 g/mol. The summed E-state index contributed by atoms with van der Waals surface area (Å²) in [5.74, 6) is 0. The number of hydrogen-bond donors (Lipinski definition) is 1. The van der Waals surface area contributed by atoms with Crippen LogP contribution < -0.4 is 5.32 Å². The van der Waals surface area contributed by atoms with Crippen LogP contribution >= 0.6 is 0 Å². The predicted molar refractivity (Wildman–Crippen MR) is 56.2 cm³/mol. The molecule has 0 amide bonds. The lowest BCUT2D eigenvalue weighted by Crippen LogP contribution is -2.34. The van der Waals surface area contributed by atoms with Crippen LogP contribution in [0.3, 0.4) is 0 Å². The number of nitrogens with zero attached hydrogens (tertiary/aromatic N) is 2. The molecule has 0 radical (unpaired) electrons. The van der Waals surface area contributed by atoms with Gasteiger partial charge in [-0.25, -0.2) is 4.98 Å². The molecule has 1 aromatic heterocycles. The fourth-order valence-corrected chi connectivity index (χ4v) is 1.34. The van der Waals surface area contributed by atoms with Crippen molar-refractivity contribution in [1.82, 2.24) is 14.9 Å². The summed E-state index contributed by atoms with van der Waals surface area (Å²) in [6.45, 7) is 4.85. The second-order valence-corrected chi connectivity index (χ2v) is 3.32. The summed E-state index contributed by atoms with van der Waals surface area (Å²) >= 11 is 0. The summed E-state index contributed by atoms with van der Waals surface area (Å²) in [5, 5.41) is 3.44. The van der Waals surface area contributed by atoms with E-state index in [-0.39, 0.29) is 0 Å². The van der Waals surface area contributed by atoms with Gasteiger partial charge in [0.2, 0.25) is 0 Å². The quantitative estimate of drug-likeness (QED) is 0.706. The molecule has 0 aromatic carbocycles. The second-order valence-electron chi connectivity index (χ2n) is 3.32. The Kier molecular flexibility index (Phi) is 5.25. The minimum Gasteiger partial charge on any atom is -0.383 e. The highest BCUT2D eigenvalue weighted by atomic mass is 16.5. The largest absolute Gasteiger partial charge is 0.383 e. The number of ether oxygens (including phenoxy) is 1. The Bertz CT molecular complexity index is 223. The van der Waals surface area contributed by atoms with Crippen LogP contribution in [-0.2, 0) is 11.3 Å². The Labute approximate surface area is 85.3 Å². The third-order valence-electron chi connectivity index (χ3n) is 2.22. The molecule has 0 fully saturated rings. The summed E-state index contributed by atoms with van der Waals surface area (Å²) in [5.41, 5.74) is 0. The fraction of sp³-hybridized carbons (Fsp3) is 0.700. The van der Waals surface area contributed by atoms with Crippen molar-refractivity contribution < 1.29 is 4.74 Å². The number of hydrogen-bond acceptors (Lipinski definition) is 3. The lowest BCUT2D eigenvalue weighted by Gasteiger charge is -2.15. The molecule has 4 heteroatoms. The Morgan fingerprint density at radius 3 is 3.00 bits per heavy atom. The van der Waals surface area contributed by atoms with Crippen LogP contribution in [0, 0.1) is 0 Å². The van der Waals surface area contributed by atoms with E-state index in [1.165, 1.54) is 0 Å². The normalized spacial score (nSPS) is 13.0. The Morgan fingerprint density at radius 1 is 1.57 bits per heavy atom. The van der Waals surface area contributed by atoms with E-state index in [0.717, 1.165) is 26.1 Å². The maximum Gasteiger partial charge on any atom is 0.0946 e. The molecule has 1 unspecified atom stereocenters. The number of aromatic nitrogens is 2. The molecule has 0 saturated heterocycles. The maximum atomic E-state index is 5.10. The predicted octanol–water partition coefficient (Wildman–Crippen LogP) is 0.898. The third kappa shape index (κ3) is 3.89. The molecule has 1 heterocycles. The van der Waals surface area contributed by atoms with Crippen LogP contribution in [0.5, 0.6) is 0 Å². The molecule has 0 aliphatic rings. The number of nitrogens with one attached hydrogen (secondary N) is 1. The highest BCUT2D eigenvalue weighted by molar-refractivity contribution is 4.74. The van der Waals surface area contributed by atoms with Crippen LogP contribution in [-0.4, -0.2) is 35.9 Å². The van der Waals surface area contributed by atoms with E-state index >= 15 is 0 Å². The average molecular weight is 197 g/mol. The van der Waals surface area contributed by atoms with Gasteiger partial charge in [0.25, 0.3) is 0 Å². The molecule has 0 aliphatic heterocycles. The first-order valence-electron chi connectivity index (χ1n) is 5.05. The summed E-state index contributed by atoms with van der Waals surface area (Å²) in [4.78, 5) is 3.99. The second kappa shape index (κ2) is 6.56. The Hall–Kier alpha value is -0.870. The highest BCUT2D eigenvalue weighted by Gasteiger charge is 2.03. The first kappa shape index (κ1) is 11.2. The lowest BCUT2D eigenvalue weighted by molar-refractivity contribution is 0.164. The number of methoxy groups -OCH3 is 1. The molecule has 14 heavy (non-hydrogen) atoms. The summed E-state index contributed by atoms with van der Waals surface area (Å²) in [6.07, 6.45) is 6.70. The molecule has 1 rings (SSSR count). The van der Waals surface area contributed by atoms with E-state index in [9.17, 15) is 0 Å². The molecule has 0 saturated carbocycles. The lowest BCUT2D eigenvalue weighted by atomic mass is 10.2. The van der Waals surface area contributed by atoms with E-state index in [0.29, 0.717) is 6.04 Å². The van der Waals surface area contributed by atoms with E-state index in [1.54, 1.807) is 13.3 Å². The van der Waals surface area contributed by atoms with Gasteiger partial charge in [0, 0.05) is 38.6 Å². The first-order valence-corrected chi connectivity index (χ1v) is 5.05. The molecule has 80 valence electrons. The summed E-state index contributed by atoms with van der Waals surface area (Å²) in [7, 11) is 1.74. The van der Waals surface area contributed by atoms with Crippen LogP contribution in [0.15, 0.2) is 18.7 Å². The molecule has 0 bridgehead atoms. The van der Waals surface area contributed by atoms with Crippen molar-refractivity contribution >= 4 is 0 Å². The molecule has 1 atom stereocenters. The van der Waals surface area contributed by atoms with Crippen molar-refractivity contribution in [2.24, 2.45) is 0 Å². The SMILES string of the molecule is CCC(COC)NCCn1ccnc1. The van der Waals surface area contributed by atoms with Gasteiger partial charge in [-0.3, -0.25) is 0 Å². The van der Waals surface area contributed by atoms with Gasteiger partial charge in [-0.05, 0) is 6.42 Å². The van der Waals surface area contributed by atoms with Gasteiger partial charge < -0.3 is 14.6 Å². The third-order valence-corrected chi connectivity index (χ3v) is 2.22. The zero-order valence-corrected chi connectivity index (χ0v) is 8.94. The molecule has 1 aromatic rings. The van der Waals surface area contributed by atoms with Crippen LogP contribution in [0.2, 0.25) is 0 Å². The Morgan fingerprint density at radius 2 is 2.43 bits per heavy atom. The Balaban J connectivity index is 2.13. The monoisotopic (exact) mass is 197 g/mol. The van der Waals surface area contributed by atoms with Gasteiger partial charge in [0.1, 0.15) is 0 Å². The van der Waals surface area contributed by atoms with Gasteiger partial charge in [-0.15, -0.1) is 0 Å². The highest BCUT2D eigenvalue weighted by Crippen LogP contribution is 1.91. The van der Waals surface area contributed by atoms with Crippen LogP contribution in [0.25, 0.3) is 0 Å². The summed E-state index contributed by atoms with van der Waals surface area (Å²) < 4.78 is 7.16. The van der Waals surface area contributed by atoms with Gasteiger partial charge in [-0.1, -0.05) is 6.92 Å². The van der Waals surface area contributed by atoms with Crippen molar-refractivity contribution in [2.45, 2.75) is 25.9 Å². The minimum absolute atomic E-state index is 0.462. The van der Waals surface area contributed by atoms with Gasteiger partial charge in [0.15, 0.2) is 0 Å². The van der Waals surface area contributed by atoms with Gasteiger partial charge >= 0.3 is 0 Å². The fourth-order valence-electron chi connectivity index (χ4n) is 1.34. The van der Waals surface area contributed by atoms with Crippen molar-refractivity contribution in [3.05, 3.63) is 18.7 Å². The zero-order valence-electron chi connectivity index (χ0n) is 8.94. The van der Waals surface area contributed by atoms with Crippen molar-refractivity contribution in [2.75, 3.05) is 20.3 Å². The van der Waals surface area contributed by atoms with Gasteiger partial charge in [0.05, 0.1) is 12.9 Å². The maximum absolute atomic E-state index is 5.10. The minimum atomic E-state index is 0.462. The van der Waals surface area contributed by atoms with Gasteiger partial charge in [-0.2, -0.15) is 0 Å². The average Bonchev–Trinajstić information content (AvgIpc) is 2.69. The molecule has 1 N–H and O–H groups in total. The van der Waals surface area contributed by atoms with E-state index in [1.807, 2.05) is 12.5 Å². The smallest absolute Gasteiger partial charge is 0.0946 e. The van der Waals surface area contributed by atoms with Crippen LogP contribution in [0.1, 0.15) is 13.3 Å². The summed E-state index contributed by atoms with van der Waals surface area (Å²) in [6, 6.07) is 0.462. The van der Waals surface area contributed by atoms with E-state index < -0.39 is 0 Å². The molecule has 0 aliphatic carbocycles. The molecular formula is C10H19N3O. The topological polar surface area (TPSA) is 39.1 Å².